The summed E-state index contributed by atoms with van der Waals surface area (Å²) < 4.78 is 1.34. The second-order valence-corrected chi connectivity index (χ2v) is 4.35. The number of aromatic nitrogens is 5. The maximum Gasteiger partial charge on any atom is 0.269 e. The number of hydrogen-bond acceptors (Lipinski definition) is 7. The Bertz CT molecular complexity index is 769. The molecule has 0 saturated heterocycles. The maximum absolute atomic E-state index is 10.6. The van der Waals surface area contributed by atoms with Gasteiger partial charge in [0, 0.05) is 18.7 Å². The van der Waals surface area contributed by atoms with Gasteiger partial charge in [-0.2, -0.15) is 0 Å². The van der Waals surface area contributed by atoms with Crippen LogP contribution in [0.25, 0.3) is 5.65 Å². The van der Waals surface area contributed by atoms with E-state index in [9.17, 15) is 10.1 Å². The summed E-state index contributed by atoms with van der Waals surface area (Å²) in [6, 6.07) is 10.1. The summed E-state index contributed by atoms with van der Waals surface area (Å²) in [4.78, 5) is 10.2. The van der Waals surface area contributed by atoms with Crippen LogP contribution in [0.15, 0.2) is 36.4 Å². The lowest BCUT2D eigenvalue weighted by Crippen LogP contribution is -2.08. The zero-order valence-corrected chi connectivity index (χ0v) is 10.9. The number of benzene rings is 1. The van der Waals surface area contributed by atoms with E-state index in [0.29, 0.717) is 18.0 Å². The Balaban J connectivity index is 1.58. The first-order valence-electron chi connectivity index (χ1n) is 6.25. The molecule has 9 heteroatoms. The molecule has 0 aliphatic rings. The second kappa shape index (κ2) is 5.49. The summed E-state index contributed by atoms with van der Waals surface area (Å²) in [5.41, 5.74) is 1.69. The summed E-state index contributed by atoms with van der Waals surface area (Å²) in [5, 5.41) is 28.9. The minimum Gasteiger partial charge on any atom is -0.368 e. The van der Waals surface area contributed by atoms with E-state index in [4.69, 9.17) is 0 Å². The van der Waals surface area contributed by atoms with Crippen molar-refractivity contribution in [2.75, 3.05) is 11.9 Å². The van der Waals surface area contributed by atoms with Crippen LogP contribution in [0.2, 0.25) is 0 Å². The number of hydrogen-bond donors (Lipinski definition) is 1. The van der Waals surface area contributed by atoms with Gasteiger partial charge in [0.05, 0.1) is 4.92 Å². The first-order valence-corrected chi connectivity index (χ1v) is 6.25. The molecule has 2 heterocycles. The highest BCUT2D eigenvalue weighted by atomic mass is 16.6. The predicted molar refractivity (Wildman–Crippen MR) is 73.9 cm³/mol. The molecule has 0 unspecified atom stereocenters. The molecule has 0 aliphatic heterocycles. The monoisotopic (exact) mass is 285 g/mol. The molecule has 0 bridgehead atoms. The van der Waals surface area contributed by atoms with Crippen molar-refractivity contribution in [3.8, 4) is 0 Å². The molecule has 0 saturated carbocycles. The third-order valence-corrected chi connectivity index (χ3v) is 2.94. The van der Waals surface area contributed by atoms with Gasteiger partial charge in [0.2, 0.25) is 0 Å². The Hall–Kier alpha value is -3.10. The third-order valence-electron chi connectivity index (χ3n) is 2.94. The Labute approximate surface area is 118 Å². The zero-order chi connectivity index (χ0) is 14.7. The van der Waals surface area contributed by atoms with Gasteiger partial charge >= 0.3 is 0 Å². The second-order valence-electron chi connectivity index (χ2n) is 4.35. The van der Waals surface area contributed by atoms with Gasteiger partial charge in [-0.25, -0.2) is 0 Å². The Morgan fingerprint density at radius 3 is 2.76 bits per heavy atom. The van der Waals surface area contributed by atoms with Crippen LogP contribution < -0.4 is 5.32 Å². The Morgan fingerprint density at radius 2 is 2.00 bits per heavy atom. The zero-order valence-electron chi connectivity index (χ0n) is 10.9. The summed E-state index contributed by atoms with van der Waals surface area (Å²) in [6.07, 6.45) is 0.729. The number of non-ortho nitro benzene ring substituents is 1. The normalized spacial score (nSPS) is 10.7. The smallest absolute Gasteiger partial charge is 0.269 e. The summed E-state index contributed by atoms with van der Waals surface area (Å²) in [5.74, 6) is 0.664. The number of nitro groups is 1. The van der Waals surface area contributed by atoms with Gasteiger partial charge in [-0.3, -0.25) is 10.1 Å². The van der Waals surface area contributed by atoms with Crippen LogP contribution in [0, 0.1) is 10.1 Å². The minimum absolute atomic E-state index is 0.0949. The number of rotatable bonds is 5. The maximum atomic E-state index is 10.6. The lowest BCUT2D eigenvalue weighted by Gasteiger charge is -2.05. The molecular formula is C12H11N7O2. The highest BCUT2D eigenvalue weighted by molar-refractivity contribution is 5.42. The van der Waals surface area contributed by atoms with E-state index in [0.717, 1.165) is 12.0 Å². The largest absolute Gasteiger partial charge is 0.368 e. The molecule has 1 N–H and O–H groups in total. The lowest BCUT2D eigenvalue weighted by atomic mass is 10.1. The van der Waals surface area contributed by atoms with Crippen LogP contribution >= 0.6 is 0 Å². The fourth-order valence-electron chi connectivity index (χ4n) is 1.86. The van der Waals surface area contributed by atoms with Gasteiger partial charge in [-0.15, -0.1) is 14.8 Å². The lowest BCUT2D eigenvalue weighted by molar-refractivity contribution is -0.384. The molecule has 0 fully saturated rings. The van der Waals surface area contributed by atoms with E-state index in [1.807, 2.05) is 0 Å². The highest BCUT2D eigenvalue weighted by Gasteiger charge is 2.04. The molecule has 0 aliphatic carbocycles. The van der Waals surface area contributed by atoms with Gasteiger partial charge in [0.25, 0.3) is 5.69 Å². The van der Waals surface area contributed by atoms with Crippen molar-refractivity contribution in [3.63, 3.8) is 0 Å². The Morgan fingerprint density at radius 1 is 1.19 bits per heavy atom. The third kappa shape index (κ3) is 2.91. The number of tetrazole rings is 1. The molecular weight excluding hydrogens is 274 g/mol. The van der Waals surface area contributed by atoms with Crippen molar-refractivity contribution in [1.29, 1.82) is 0 Å². The molecule has 1 aromatic carbocycles. The van der Waals surface area contributed by atoms with E-state index in [1.54, 1.807) is 24.3 Å². The van der Waals surface area contributed by atoms with Gasteiger partial charge in [0.15, 0.2) is 5.65 Å². The van der Waals surface area contributed by atoms with E-state index in [-0.39, 0.29) is 5.69 Å². The molecule has 106 valence electrons. The van der Waals surface area contributed by atoms with Crippen molar-refractivity contribution >= 4 is 17.2 Å². The van der Waals surface area contributed by atoms with Crippen LogP contribution in [-0.2, 0) is 6.42 Å². The molecule has 0 atom stereocenters. The van der Waals surface area contributed by atoms with E-state index < -0.39 is 4.92 Å². The molecule has 0 spiro atoms. The molecule has 3 rings (SSSR count). The summed E-state index contributed by atoms with van der Waals surface area (Å²) >= 11 is 0. The molecule has 21 heavy (non-hydrogen) atoms. The van der Waals surface area contributed by atoms with Crippen LogP contribution in [0.4, 0.5) is 11.5 Å². The van der Waals surface area contributed by atoms with Crippen LogP contribution in [-0.4, -0.2) is 36.7 Å². The molecule has 9 nitrogen and oxygen atoms in total. The quantitative estimate of drug-likeness (QED) is 0.551. The van der Waals surface area contributed by atoms with Crippen LogP contribution in [0.3, 0.4) is 0 Å². The van der Waals surface area contributed by atoms with E-state index in [2.05, 4.69) is 25.9 Å². The number of nitrogens with one attached hydrogen (secondary N) is 1. The number of nitrogens with zero attached hydrogens (tertiary/aromatic N) is 6. The van der Waals surface area contributed by atoms with Gasteiger partial charge in [-0.1, -0.05) is 12.1 Å². The summed E-state index contributed by atoms with van der Waals surface area (Å²) in [6.45, 7) is 0.651. The highest BCUT2D eigenvalue weighted by Crippen LogP contribution is 2.12. The standard InChI is InChI=1S/C12H11N7O2/c20-19(21)10-3-1-9(2-4-10)7-8-13-11-5-6-12-14-16-17-18(12)15-11/h1-6H,7-8H2,(H,13,15). The first-order chi connectivity index (χ1) is 10.2. The average Bonchev–Trinajstić information content (AvgIpc) is 2.95. The molecule has 0 radical (unpaired) electrons. The molecule has 0 amide bonds. The predicted octanol–water partition coefficient (Wildman–Crippen LogP) is 1.08. The van der Waals surface area contributed by atoms with E-state index in [1.165, 1.54) is 16.8 Å². The number of fused-ring (bicyclic) bond motifs is 1. The first kappa shape index (κ1) is 12.9. The van der Waals surface area contributed by atoms with Crippen molar-refractivity contribution in [1.82, 2.24) is 25.3 Å². The fourth-order valence-corrected chi connectivity index (χ4v) is 1.86. The van der Waals surface area contributed by atoms with Gasteiger partial charge < -0.3 is 5.32 Å². The van der Waals surface area contributed by atoms with Crippen LogP contribution in [0.1, 0.15) is 5.56 Å². The van der Waals surface area contributed by atoms with E-state index >= 15 is 0 Å². The minimum atomic E-state index is -0.409. The molecule has 3 aromatic rings. The Kier molecular flexibility index (Phi) is 3.37. The van der Waals surface area contributed by atoms with Gasteiger partial charge in [-0.05, 0) is 34.5 Å². The average molecular weight is 285 g/mol. The molecule has 2 aromatic heterocycles. The van der Waals surface area contributed by atoms with Gasteiger partial charge in [0.1, 0.15) is 5.82 Å². The fraction of sp³-hybridized carbons (Fsp3) is 0.167. The summed E-state index contributed by atoms with van der Waals surface area (Å²) in [7, 11) is 0. The number of anilines is 1. The van der Waals surface area contributed by atoms with Crippen molar-refractivity contribution in [2.24, 2.45) is 0 Å². The van der Waals surface area contributed by atoms with Crippen molar-refractivity contribution < 1.29 is 4.92 Å². The van der Waals surface area contributed by atoms with Crippen molar-refractivity contribution in [3.05, 3.63) is 52.1 Å². The van der Waals surface area contributed by atoms with Crippen molar-refractivity contribution in [2.45, 2.75) is 6.42 Å². The SMILES string of the molecule is O=[N+]([O-])c1ccc(CCNc2ccc3nnnn3n2)cc1. The number of nitro benzene ring substituents is 1. The topological polar surface area (TPSA) is 111 Å². The van der Waals surface area contributed by atoms with Crippen LogP contribution in [0.5, 0.6) is 0 Å².